The zero-order chi connectivity index (χ0) is 14.0. The van der Waals surface area contributed by atoms with Gasteiger partial charge in [-0.25, -0.2) is 4.68 Å². The van der Waals surface area contributed by atoms with Crippen molar-refractivity contribution in [3.05, 3.63) is 55.6 Å². The van der Waals surface area contributed by atoms with Crippen LogP contribution in [-0.4, -0.2) is 16.8 Å². The van der Waals surface area contributed by atoms with E-state index in [0.717, 1.165) is 5.56 Å². The van der Waals surface area contributed by atoms with E-state index in [1.807, 2.05) is 16.8 Å². The number of primary amides is 1. The Bertz CT molecular complexity index is 699. The van der Waals surface area contributed by atoms with Crippen molar-refractivity contribution in [1.29, 1.82) is 0 Å². The number of hydrogen-bond donors (Lipinski definition) is 1. The minimum absolute atomic E-state index is 0.0203. The quantitative estimate of drug-likeness (QED) is 0.862. The second kappa shape index (κ2) is 5.19. The van der Waals surface area contributed by atoms with Crippen LogP contribution in [-0.2, 0) is 0 Å². The smallest absolute Gasteiger partial charge is 0.284 e. The molecule has 0 spiro atoms. The van der Waals surface area contributed by atoms with Gasteiger partial charge in [0.05, 0.1) is 6.21 Å². The Morgan fingerprint density at radius 1 is 1.47 bits per heavy atom. The molecule has 0 saturated heterocycles. The summed E-state index contributed by atoms with van der Waals surface area (Å²) in [5, 5.41) is 7.94. The van der Waals surface area contributed by atoms with E-state index in [4.69, 9.17) is 5.73 Å². The lowest BCUT2D eigenvalue weighted by atomic mass is 10.1. The zero-order valence-electron chi connectivity index (χ0n) is 10.6. The highest BCUT2D eigenvalue weighted by molar-refractivity contribution is 7.08. The number of aryl methyl sites for hydroxylation is 2. The SMILES string of the molecule is Cc1cc(C)n(/N=C\c2ccsc2)c(=O)c1C(N)=O. The summed E-state index contributed by atoms with van der Waals surface area (Å²) >= 11 is 1.54. The van der Waals surface area contributed by atoms with Crippen molar-refractivity contribution in [3.63, 3.8) is 0 Å². The molecule has 2 heterocycles. The van der Waals surface area contributed by atoms with E-state index in [0.29, 0.717) is 11.3 Å². The second-order valence-electron chi connectivity index (χ2n) is 4.13. The van der Waals surface area contributed by atoms with Gasteiger partial charge >= 0.3 is 0 Å². The first-order chi connectivity index (χ1) is 9.00. The summed E-state index contributed by atoms with van der Waals surface area (Å²) in [5.74, 6) is -0.734. The fraction of sp³-hybridized carbons (Fsp3) is 0.154. The van der Waals surface area contributed by atoms with E-state index >= 15 is 0 Å². The van der Waals surface area contributed by atoms with Crippen molar-refractivity contribution in [2.24, 2.45) is 10.8 Å². The van der Waals surface area contributed by atoms with Crippen molar-refractivity contribution in [2.45, 2.75) is 13.8 Å². The predicted molar refractivity (Wildman–Crippen MR) is 76.0 cm³/mol. The first kappa shape index (κ1) is 13.2. The number of aromatic nitrogens is 1. The van der Waals surface area contributed by atoms with Crippen molar-refractivity contribution in [1.82, 2.24) is 4.68 Å². The van der Waals surface area contributed by atoms with Crippen LogP contribution in [0.4, 0.5) is 0 Å². The highest BCUT2D eigenvalue weighted by Crippen LogP contribution is 2.07. The average molecular weight is 275 g/mol. The summed E-state index contributed by atoms with van der Waals surface area (Å²) in [6.45, 7) is 3.44. The first-order valence-corrected chi connectivity index (χ1v) is 6.54. The molecule has 2 aromatic heterocycles. The molecular weight excluding hydrogens is 262 g/mol. The molecule has 0 atom stereocenters. The van der Waals surface area contributed by atoms with Gasteiger partial charge in [0.1, 0.15) is 5.56 Å². The Hall–Kier alpha value is -2.21. The molecule has 19 heavy (non-hydrogen) atoms. The number of carbonyl (C=O) groups excluding carboxylic acids is 1. The van der Waals surface area contributed by atoms with Gasteiger partial charge in [0.15, 0.2) is 0 Å². The molecule has 1 amide bonds. The minimum atomic E-state index is -0.734. The van der Waals surface area contributed by atoms with Crippen LogP contribution < -0.4 is 11.3 Å². The molecule has 0 saturated carbocycles. The maximum atomic E-state index is 12.2. The van der Waals surface area contributed by atoms with E-state index in [-0.39, 0.29) is 5.56 Å². The molecule has 98 valence electrons. The van der Waals surface area contributed by atoms with Gasteiger partial charge in [-0.2, -0.15) is 16.4 Å². The van der Waals surface area contributed by atoms with Crippen LogP contribution in [0.3, 0.4) is 0 Å². The van der Waals surface area contributed by atoms with Crippen LogP contribution in [0.1, 0.15) is 27.2 Å². The standard InChI is InChI=1S/C13H13N3O2S/c1-8-5-9(2)16(13(18)11(8)12(14)17)15-6-10-3-4-19-7-10/h3-7H,1-2H3,(H2,14,17)/b15-6-. The third-order valence-corrected chi connectivity index (χ3v) is 3.37. The second-order valence-corrected chi connectivity index (χ2v) is 4.91. The van der Waals surface area contributed by atoms with Crippen LogP contribution in [0.5, 0.6) is 0 Å². The number of thiophene rings is 1. The number of nitrogens with two attached hydrogens (primary N) is 1. The van der Waals surface area contributed by atoms with Gasteiger partial charge in [-0.15, -0.1) is 0 Å². The molecule has 2 aromatic rings. The van der Waals surface area contributed by atoms with E-state index in [2.05, 4.69) is 5.10 Å². The molecular formula is C13H13N3O2S. The summed E-state index contributed by atoms with van der Waals surface area (Å²) in [6, 6.07) is 3.60. The van der Waals surface area contributed by atoms with Gasteiger partial charge in [0, 0.05) is 11.3 Å². The summed E-state index contributed by atoms with van der Waals surface area (Å²) < 4.78 is 1.19. The lowest BCUT2D eigenvalue weighted by molar-refractivity contribution is 0.0997. The number of hydrogen-bond acceptors (Lipinski definition) is 4. The van der Waals surface area contributed by atoms with Crippen molar-refractivity contribution in [2.75, 3.05) is 0 Å². The topological polar surface area (TPSA) is 77.4 Å². The Kier molecular flexibility index (Phi) is 3.62. The molecule has 0 aliphatic rings. The fourth-order valence-corrected chi connectivity index (χ4v) is 2.41. The molecule has 0 radical (unpaired) electrons. The third kappa shape index (κ3) is 2.63. The highest BCUT2D eigenvalue weighted by Gasteiger charge is 2.14. The van der Waals surface area contributed by atoms with E-state index in [1.54, 1.807) is 37.5 Å². The predicted octanol–water partition coefficient (Wildman–Crippen LogP) is 1.51. The Morgan fingerprint density at radius 2 is 2.21 bits per heavy atom. The van der Waals surface area contributed by atoms with Gasteiger partial charge in [-0.3, -0.25) is 9.59 Å². The van der Waals surface area contributed by atoms with Gasteiger partial charge in [0.25, 0.3) is 11.5 Å². The molecule has 0 aliphatic heterocycles. The van der Waals surface area contributed by atoms with Crippen LogP contribution >= 0.6 is 11.3 Å². The molecule has 2 N–H and O–H groups in total. The van der Waals surface area contributed by atoms with Crippen LogP contribution in [0, 0.1) is 13.8 Å². The van der Waals surface area contributed by atoms with E-state index in [9.17, 15) is 9.59 Å². The normalized spacial score (nSPS) is 11.1. The Morgan fingerprint density at radius 3 is 2.79 bits per heavy atom. The largest absolute Gasteiger partial charge is 0.365 e. The number of carbonyl (C=O) groups is 1. The third-order valence-electron chi connectivity index (χ3n) is 2.67. The number of amides is 1. The molecule has 5 nitrogen and oxygen atoms in total. The van der Waals surface area contributed by atoms with E-state index in [1.165, 1.54) is 4.68 Å². The fourth-order valence-electron chi connectivity index (χ4n) is 1.80. The molecule has 6 heteroatoms. The maximum absolute atomic E-state index is 12.2. The molecule has 2 rings (SSSR count). The number of rotatable bonds is 3. The minimum Gasteiger partial charge on any atom is -0.365 e. The zero-order valence-corrected chi connectivity index (χ0v) is 11.4. The average Bonchev–Trinajstić information content (AvgIpc) is 2.80. The lowest BCUT2D eigenvalue weighted by Gasteiger charge is -2.07. The van der Waals surface area contributed by atoms with Crippen molar-refractivity contribution in [3.8, 4) is 0 Å². The van der Waals surface area contributed by atoms with Gasteiger partial charge in [-0.1, -0.05) is 0 Å². The monoisotopic (exact) mass is 275 g/mol. The molecule has 0 aromatic carbocycles. The van der Waals surface area contributed by atoms with Crippen LogP contribution in [0.15, 0.2) is 32.8 Å². The summed E-state index contributed by atoms with van der Waals surface area (Å²) in [7, 11) is 0. The van der Waals surface area contributed by atoms with E-state index < -0.39 is 11.5 Å². The maximum Gasteiger partial charge on any atom is 0.284 e. The van der Waals surface area contributed by atoms with Crippen LogP contribution in [0.25, 0.3) is 0 Å². The van der Waals surface area contributed by atoms with Gasteiger partial charge in [-0.05, 0) is 42.3 Å². The summed E-state index contributed by atoms with van der Waals surface area (Å²) in [6.07, 6.45) is 1.57. The molecule has 0 unspecified atom stereocenters. The number of pyridine rings is 1. The van der Waals surface area contributed by atoms with Crippen molar-refractivity contribution >= 4 is 23.5 Å². The van der Waals surface area contributed by atoms with Crippen LogP contribution in [0.2, 0.25) is 0 Å². The molecule has 0 fully saturated rings. The summed E-state index contributed by atoms with van der Waals surface area (Å²) in [4.78, 5) is 23.5. The molecule has 0 aliphatic carbocycles. The highest BCUT2D eigenvalue weighted by atomic mass is 32.1. The molecule has 0 bridgehead atoms. The van der Waals surface area contributed by atoms with Gasteiger partial charge < -0.3 is 5.73 Å². The summed E-state index contributed by atoms with van der Waals surface area (Å²) in [5.41, 5.74) is 6.83. The lowest BCUT2D eigenvalue weighted by Crippen LogP contribution is -2.30. The Labute approximate surface area is 114 Å². The van der Waals surface area contributed by atoms with Gasteiger partial charge in [0.2, 0.25) is 0 Å². The van der Waals surface area contributed by atoms with Crippen molar-refractivity contribution < 1.29 is 4.79 Å². The Balaban J connectivity index is 2.55. The number of nitrogens with zero attached hydrogens (tertiary/aromatic N) is 2. The first-order valence-electron chi connectivity index (χ1n) is 5.60.